The molecule has 118 valence electrons. The van der Waals surface area contributed by atoms with Crippen molar-refractivity contribution < 1.29 is 21.2 Å². The van der Waals surface area contributed by atoms with Crippen molar-refractivity contribution in [3.8, 4) is 0 Å². The average molecular weight is 364 g/mol. The monoisotopic (exact) mass is 363 g/mol. The Labute approximate surface area is 132 Å². The quantitative estimate of drug-likeness (QED) is 0.905. The Balaban J connectivity index is 2.35. The molecular weight excluding hydrogens is 353 g/mol. The highest BCUT2D eigenvalue weighted by molar-refractivity contribution is 7.92. The first-order valence-corrected chi connectivity index (χ1v) is 9.63. The second-order valence-corrected chi connectivity index (χ2v) is 8.53. The maximum Gasteiger partial charge on any atom is 0.264 e. The summed E-state index contributed by atoms with van der Waals surface area (Å²) in [7, 11) is -7.56. The van der Waals surface area contributed by atoms with Crippen molar-refractivity contribution in [3.05, 3.63) is 53.3 Å². The van der Waals surface area contributed by atoms with Gasteiger partial charge in [0.05, 0.1) is 9.92 Å². The molecule has 0 unspecified atom stereocenters. The van der Waals surface area contributed by atoms with E-state index in [-0.39, 0.29) is 15.6 Å². The van der Waals surface area contributed by atoms with Crippen molar-refractivity contribution in [2.45, 2.75) is 9.79 Å². The molecule has 1 N–H and O–H groups in total. The van der Waals surface area contributed by atoms with Gasteiger partial charge in [-0.2, -0.15) is 0 Å². The zero-order chi connectivity index (χ0) is 16.5. The standard InChI is InChI=1S/C13H11ClFNO4S2/c1-21(17,18)10-7-5-9(6-8-10)16-22(19,20)12-4-2-3-11(14)13(12)15/h2-8,16H,1H3. The number of rotatable bonds is 4. The van der Waals surface area contributed by atoms with Crippen LogP contribution in [0.25, 0.3) is 0 Å². The Morgan fingerprint density at radius 3 is 2.14 bits per heavy atom. The van der Waals surface area contributed by atoms with Gasteiger partial charge in [-0.1, -0.05) is 17.7 Å². The highest BCUT2D eigenvalue weighted by atomic mass is 35.5. The lowest BCUT2D eigenvalue weighted by atomic mass is 10.3. The Kier molecular flexibility index (Phi) is 4.46. The zero-order valence-electron chi connectivity index (χ0n) is 11.2. The lowest BCUT2D eigenvalue weighted by Gasteiger charge is -2.10. The number of halogens is 2. The predicted molar refractivity (Wildman–Crippen MR) is 81.8 cm³/mol. The van der Waals surface area contributed by atoms with Crippen LogP contribution in [0.15, 0.2) is 52.3 Å². The highest BCUT2D eigenvalue weighted by Crippen LogP contribution is 2.24. The smallest absolute Gasteiger partial charge is 0.264 e. The summed E-state index contributed by atoms with van der Waals surface area (Å²) in [5, 5.41) is -0.310. The molecule has 0 aliphatic rings. The Morgan fingerprint density at radius 1 is 1.00 bits per heavy atom. The van der Waals surface area contributed by atoms with Crippen LogP contribution in [-0.4, -0.2) is 23.1 Å². The Bertz CT molecular complexity index is 910. The van der Waals surface area contributed by atoms with E-state index >= 15 is 0 Å². The van der Waals surface area contributed by atoms with Crippen LogP contribution in [0.5, 0.6) is 0 Å². The first-order chi connectivity index (χ1) is 10.1. The fourth-order valence-electron chi connectivity index (χ4n) is 1.67. The molecule has 0 fully saturated rings. The van der Waals surface area contributed by atoms with Gasteiger partial charge in [-0.25, -0.2) is 21.2 Å². The molecule has 0 aliphatic heterocycles. The van der Waals surface area contributed by atoms with Crippen LogP contribution in [0, 0.1) is 5.82 Å². The van der Waals surface area contributed by atoms with Crippen LogP contribution in [0.1, 0.15) is 0 Å². The molecular formula is C13H11ClFNO4S2. The number of nitrogens with one attached hydrogen (secondary N) is 1. The molecule has 2 aromatic carbocycles. The van der Waals surface area contributed by atoms with Crippen LogP contribution < -0.4 is 4.72 Å². The molecule has 5 nitrogen and oxygen atoms in total. The normalized spacial score (nSPS) is 12.1. The molecule has 0 heterocycles. The van der Waals surface area contributed by atoms with E-state index in [1.807, 2.05) is 0 Å². The van der Waals surface area contributed by atoms with E-state index in [1.165, 1.54) is 36.4 Å². The molecule has 0 saturated heterocycles. The maximum absolute atomic E-state index is 13.8. The molecule has 0 amide bonds. The van der Waals surface area contributed by atoms with Crippen molar-refractivity contribution in [2.24, 2.45) is 0 Å². The lowest BCUT2D eigenvalue weighted by Crippen LogP contribution is -2.14. The number of sulfonamides is 1. The van der Waals surface area contributed by atoms with E-state index in [2.05, 4.69) is 4.72 Å². The average Bonchev–Trinajstić information content (AvgIpc) is 2.40. The summed E-state index contributed by atoms with van der Waals surface area (Å²) in [6.45, 7) is 0. The lowest BCUT2D eigenvalue weighted by molar-refractivity contribution is 0.570. The van der Waals surface area contributed by atoms with Crippen LogP contribution in [0.2, 0.25) is 5.02 Å². The summed E-state index contributed by atoms with van der Waals surface area (Å²) in [5.41, 5.74) is 0.103. The van der Waals surface area contributed by atoms with Crippen molar-refractivity contribution in [3.63, 3.8) is 0 Å². The van der Waals surface area contributed by atoms with Gasteiger partial charge in [0.15, 0.2) is 15.7 Å². The molecule has 0 bridgehead atoms. The Morgan fingerprint density at radius 2 is 1.59 bits per heavy atom. The number of anilines is 1. The molecule has 0 radical (unpaired) electrons. The fraction of sp³-hybridized carbons (Fsp3) is 0.0769. The summed E-state index contributed by atoms with van der Waals surface area (Å²) in [6.07, 6.45) is 1.04. The third-order valence-corrected chi connectivity index (χ3v) is 5.56. The third kappa shape index (κ3) is 3.57. The summed E-state index contributed by atoms with van der Waals surface area (Å²) >= 11 is 5.56. The van der Waals surface area contributed by atoms with Crippen LogP contribution >= 0.6 is 11.6 Å². The molecule has 22 heavy (non-hydrogen) atoms. The third-order valence-electron chi connectivity index (χ3n) is 2.74. The van der Waals surface area contributed by atoms with Crippen molar-refractivity contribution >= 4 is 37.1 Å². The highest BCUT2D eigenvalue weighted by Gasteiger charge is 2.21. The minimum atomic E-state index is -4.17. The molecule has 0 atom stereocenters. The van der Waals surface area contributed by atoms with Gasteiger partial charge in [0, 0.05) is 11.9 Å². The van der Waals surface area contributed by atoms with Gasteiger partial charge in [0.1, 0.15) is 4.90 Å². The molecule has 2 aromatic rings. The molecule has 0 spiro atoms. The molecule has 0 saturated carbocycles. The molecule has 2 rings (SSSR count). The SMILES string of the molecule is CS(=O)(=O)c1ccc(NS(=O)(=O)c2cccc(Cl)c2F)cc1. The van der Waals surface area contributed by atoms with E-state index in [1.54, 1.807) is 0 Å². The topological polar surface area (TPSA) is 80.3 Å². The van der Waals surface area contributed by atoms with E-state index < -0.39 is 30.6 Å². The van der Waals surface area contributed by atoms with Crippen LogP contribution in [-0.2, 0) is 19.9 Å². The molecule has 0 aromatic heterocycles. The largest absolute Gasteiger partial charge is 0.280 e. The van der Waals surface area contributed by atoms with Crippen molar-refractivity contribution in [1.29, 1.82) is 0 Å². The molecule has 0 aliphatic carbocycles. The van der Waals surface area contributed by atoms with Gasteiger partial charge in [-0.3, -0.25) is 4.72 Å². The van der Waals surface area contributed by atoms with E-state index in [0.29, 0.717) is 0 Å². The number of hydrogen-bond donors (Lipinski definition) is 1. The second kappa shape index (κ2) is 5.86. The predicted octanol–water partition coefficient (Wildman–Crippen LogP) is 2.68. The van der Waals surface area contributed by atoms with Gasteiger partial charge in [-0.05, 0) is 36.4 Å². The summed E-state index contributed by atoms with van der Waals surface area (Å²) < 4.78 is 62.9. The first-order valence-electron chi connectivity index (χ1n) is 5.88. The van der Waals surface area contributed by atoms with Gasteiger partial charge in [0.25, 0.3) is 10.0 Å². The fourth-order valence-corrected chi connectivity index (χ4v) is 3.69. The first kappa shape index (κ1) is 16.7. The second-order valence-electron chi connectivity index (χ2n) is 4.45. The van der Waals surface area contributed by atoms with Crippen molar-refractivity contribution in [1.82, 2.24) is 0 Å². The maximum atomic E-state index is 13.8. The van der Waals surface area contributed by atoms with Crippen molar-refractivity contribution in [2.75, 3.05) is 11.0 Å². The molecule has 9 heteroatoms. The minimum absolute atomic E-state index is 0.0457. The van der Waals surface area contributed by atoms with Crippen LogP contribution in [0.4, 0.5) is 10.1 Å². The van der Waals surface area contributed by atoms with Crippen LogP contribution in [0.3, 0.4) is 0 Å². The Hall–Kier alpha value is -1.64. The summed E-state index contributed by atoms with van der Waals surface area (Å²) in [6, 6.07) is 8.67. The summed E-state index contributed by atoms with van der Waals surface area (Å²) in [5.74, 6) is -1.05. The van der Waals surface area contributed by atoms with E-state index in [9.17, 15) is 21.2 Å². The summed E-state index contributed by atoms with van der Waals surface area (Å²) in [4.78, 5) is -0.545. The number of benzene rings is 2. The number of hydrogen-bond acceptors (Lipinski definition) is 4. The number of sulfone groups is 1. The van der Waals surface area contributed by atoms with Gasteiger partial charge < -0.3 is 0 Å². The van der Waals surface area contributed by atoms with E-state index in [0.717, 1.165) is 12.3 Å². The van der Waals surface area contributed by atoms with Gasteiger partial charge >= 0.3 is 0 Å². The zero-order valence-corrected chi connectivity index (χ0v) is 13.6. The van der Waals surface area contributed by atoms with E-state index in [4.69, 9.17) is 11.6 Å². The van der Waals surface area contributed by atoms with Gasteiger partial charge in [-0.15, -0.1) is 0 Å². The minimum Gasteiger partial charge on any atom is -0.280 e. The van der Waals surface area contributed by atoms with Gasteiger partial charge in [0.2, 0.25) is 0 Å².